The van der Waals surface area contributed by atoms with Crippen molar-refractivity contribution in [3.63, 3.8) is 0 Å². The summed E-state index contributed by atoms with van der Waals surface area (Å²) in [5, 5.41) is 9.41. The average Bonchev–Trinajstić information content (AvgIpc) is 2.36. The fourth-order valence-electron chi connectivity index (χ4n) is 1.64. The number of hydrogen-bond acceptors (Lipinski definition) is 4. The lowest BCUT2D eigenvalue weighted by Gasteiger charge is -2.14. The molecule has 0 bridgehead atoms. The molecule has 1 aromatic rings. The number of ketones is 1. The van der Waals surface area contributed by atoms with Gasteiger partial charge >= 0.3 is 5.97 Å². The van der Waals surface area contributed by atoms with E-state index in [4.69, 9.17) is 4.74 Å². The molecule has 98 valence electrons. The maximum absolute atomic E-state index is 11.7. The topological polar surface area (TPSA) is 63.6 Å². The number of halogens is 1. The number of ether oxygens (including phenoxy) is 1. The van der Waals surface area contributed by atoms with Crippen molar-refractivity contribution in [2.75, 3.05) is 6.61 Å². The van der Waals surface area contributed by atoms with Crippen LogP contribution in [-0.2, 0) is 16.1 Å². The third kappa shape index (κ3) is 3.17. The quantitative estimate of drug-likeness (QED) is 0.669. The van der Waals surface area contributed by atoms with Gasteiger partial charge in [-0.25, -0.2) is 4.79 Å². The fourth-order valence-corrected chi connectivity index (χ4v) is 2.07. The molecule has 0 aromatic heterocycles. The lowest BCUT2D eigenvalue weighted by atomic mass is 9.98. The molecule has 0 aliphatic rings. The van der Waals surface area contributed by atoms with Crippen molar-refractivity contribution in [2.45, 2.75) is 25.3 Å². The van der Waals surface area contributed by atoms with Crippen molar-refractivity contribution >= 4 is 27.7 Å². The number of carbonyl (C=O) groups excluding carboxylic acids is 2. The number of aliphatic hydroxyl groups excluding tert-OH is 1. The maximum atomic E-state index is 11.7. The second-order valence-corrected chi connectivity index (χ2v) is 4.64. The van der Waals surface area contributed by atoms with Crippen LogP contribution < -0.4 is 0 Å². The molecular weight excluding hydrogens is 300 g/mol. The number of rotatable bonds is 5. The van der Waals surface area contributed by atoms with Crippen LogP contribution in [0.1, 0.15) is 40.2 Å². The van der Waals surface area contributed by atoms with E-state index >= 15 is 0 Å². The lowest BCUT2D eigenvalue weighted by molar-refractivity contribution is -0.116. The summed E-state index contributed by atoms with van der Waals surface area (Å²) in [7, 11) is 0. The van der Waals surface area contributed by atoms with Gasteiger partial charge in [0.05, 0.1) is 23.6 Å². The standard InChI is InChI=1S/C13H15BrO4/c1-3-18-13(17)10-6-4-5-9(11(10)7-15)12(14)8(2)16/h4-6,12,15H,3,7H2,1-2H3. The second-order valence-electron chi connectivity index (χ2n) is 3.73. The van der Waals surface area contributed by atoms with Crippen LogP contribution in [-0.4, -0.2) is 23.5 Å². The van der Waals surface area contributed by atoms with Crippen LogP contribution in [0.2, 0.25) is 0 Å². The SMILES string of the molecule is CCOC(=O)c1cccc(C(Br)C(C)=O)c1CO. The molecule has 1 unspecified atom stereocenters. The maximum Gasteiger partial charge on any atom is 0.338 e. The van der Waals surface area contributed by atoms with Crippen molar-refractivity contribution in [2.24, 2.45) is 0 Å². The van der Waals surface area contributed by atoms with Gasteiger partial charge in [0.25, 0.3) is 0 Å². The molecule has 0 radical (unpaired) electrons. The largest absolute Gasteiger partial charge is 0.462 e. The number of esters is 1. The van der Waals surface area contributed by atoms with E-state index in [0.717, 1.165) is 0 Å². The van der Waals surface area contributed by atoms with Crippen molar-refractivity contribution in [3.8, 4) is 0 Å². The molecule has 0 saturated heterocycles. The number of hydrogen-bond donors (Lipinski definition) is 1. The first-order valence-electron chi connectivity index (χ1n) is 5.57. The highest BCUT2D eigenvalue weighted by Gasteiger charge is 2.21. The Bertz CT molecular complexity index is 456. The molecule has 0 heterocycles. The van der Waals surface area contributed by atoms with Crippen molar-refractivity contribution < 1.29 is 19.4 Å². The van der Waals surface area contributed by atoms with Gasteiger partial charge in [-0.1, -0.05) is 28.1 Å². The fraction of sp³-hybridized carbons (Fsp3) is 0.385. The Morgan fingerprint density at radius 2 is 2.11 bits per heavy atom. The molecule has 1 N–H and O–H groups in total. The van der Waals surface area contributed by atoms with Crippen LogP contribution in [0, 0.1) is 0 Å². The van der Waals surface area contributed by atoms with Crippen LogP contribution in [0.25, 0.3) is 0 Å². The first-order valence-corrected chi connectivity index (χ1v) is 6.48. The summed E-state index contributed by atoms with van der Waals surface area (Å²) in [6, 6.07) is 4.94. The van der Waals surface area contributed by atoms with Crippen LogP contribution in [0.3, 0.4) is 0 Å². The third-order valence-corrected chi connectivity index (χ3v) is 3.63. The smallest absolute Gasteiger partial charge is 0.338 e. The predicted octanol–water partition coefficient (Wildman–Crippen LogP) is 2.38. The van der Waals surface area contributed by atoms with Gasteiger partial charge in [0.15, 0.2) is 0 Å². The van der Waals surface area contributed by atoms with Gasteiger partial charge in [0.2, 0.25) is 0 Å². The van der Waals surface area contributed by atoms with Crippen molar-refractivity contribution in [3.05, 3.63) is 34.9 Å². The van der Waals surface area contributed by atoms with Gasteiger partial charge in [0, 0.05) is 0 Å². The van der Waals surface area contributed by atoms with E-state index < -0.39 is 10.8 Å². The molecule has 0 aliphatic heterocycles. The van der Waals surface area contributed by atoms with Gasteiger partial charge in [-0.15, -0.1) is 0 Å². The summed E-state index contributed by atoms with van der Waals surface area (Å²) in [6.07, 6.45) is 0. The van der Waals surface area contributed by atoms with Crippen molar-refractivity contribution in [1.82, 2.24) is 0 Å². The predicted molar refractivity (Wildman–Crippen MR) is 70.7 cm³/mol. The zero-order valence-corrected chi connectivity index (χ0v) is 11.9. The number of carbonyl (C=O) groups is 2. The number of alkyl halides is 1. The van der Waals surface area contributed by atoms with Crippen LogP contribution in [0.5, 0.6) is 0 Å². The molecule has 1 atom stereocenters. The molecule has 0 spiro atoms. The van der Waals surface area contributed by atoms with E-state index in [0.29, 0.717) is 16.7 Å². The highest BCUT2D eigenvalue weighted by Crippen LogP contribution is 2.29. The Labute approximate surface area is 114 Å². The molecule has 0 aliphatic carbocycles. The average molecular weight is 315 g/mol. The minimum Gasteiger partial charge on any atom is -0.462 e. The molecule has 1 rings (SSSR count). The van der Waals surface area contributed by atoms with E-state index in [1.54, 1.807) is 25.1 Å². The first kappa shape index (κ1) is 14.9. The third-order valence-electron chi connectivity index (χ3n) is 2.50. The van der Waals surface area contributed by atoms with Crippen LogP contribution in [0.15, 0.2) is 18.2 Å². The molecule has 0 fully saturated rings. The van der Waals surface area contributed by atoms with Gasteiger partial charge in [0.1, 0.15) is 5.78 Å². The molecule has 5 heteroatoms. The van der Waals surface area contributed by atoms with Crippen molar-refractivity contribution in [1.29, 1.82) is 0 Å². The van der Waals surface area contributed by atoms with E-state index in [1.807, 2.05) is 0 Å². The second kappa shape index (κ2) is 6.66. The molecule has 0 saturated carbocycles. The summed E-state index contributed by atoms with van der Waals surface area (Å²) < 4.78 is 4.92. The Morgan fingerprint density at radius 3 is 2.61 bits per heavy atom. The number of aliphatic hydroxyl groups is 1. The molecule has 1 aromatic carbocycles. The minimum atomic E-state index is -0.533. The van der Waals surface area contributed by atoms with Gasteiger partial charge in [-0.3, -0.25) is 4.79 Å². The summed E-state index contributed by atoms with van der Waals surface area (Å²) in [6.45, 7) is 3.10. The first-order chi connectivity index (χ1) is 8.52. The van der Waals surface area contributed by atoms with E-state index in [1.165, 1.54) is 6.92 Å². The molecule has 4 nitrogen and oxygen atoms in total. The Kier molecular flexibility index (Phi) is 5.50. The van der Waals surface area contributed by atoms with Gasteiger partial charge in [-0.05, 0) is 31.0 Å². The lowest BCUT2D eigenvalue weighted by Crippen LogP contribution is -2.12. The zero-order valence-electron chi connectivity index (χ0n) is 10.3. The Morgan fingerprint density at radius 1 is 1.44 bits per heavy atom. The summed E-state index contributed by atoms with van der Waals surface area (Å²) in [4.78, 5) is 22.6. The molecular formula is C13H15BrO4. The zero-order chi connectivity index (χ0) is 13.7. The normalized spacial score (nSPS) is 12.0. The van der Waals surface area contributed by atoms with E-state index in [2.05, 4.69) is 15.9 Å². The van der Waals surface area contributed by atoms with Crippen LogP contribution >= 0.6 is 15.9 Å². The Balaban J connectivity index is 3.26. The summed E-state index contributed by atoms with van der Waals surface area (Å²) in [5.74, 6) is -0.586. The number of Topliss-reactive ketones (excluding diaryl/α,β-unsaturated/α-hetero) is 1. The highest BCUT2D eigenvalue weighted by molar-refractivity contribution is 9.09. The summed E-state index contributed by atoms with van der Waals surface area (Å²) in [5.41, 5.74) is 1.31. The van der Waals surface area contributed by atoms with Crippen LogP contribution in [0.4, 0.5) is 0 Å². The van der Waals surface area contributed by atoms with Gasteiger partial charge < -0.3 is 9.84 Å². The number of benzene rings is 1. The van der Waals surface area contributed by atoms with E-state index in [9.17, 15) is 14.7 Å². The minimum absolute atomic E-state index is 0.0919. The molecule has 0 amide bonds. The Hall–Kier alpha value is -1.20. The van der Waals surface area contributed by atoms with E-state index in [-0.39, 0.29) is 19.0 Å². The summed E-state index contributed by atoms with van der Waals surface area (Å²) >= 11 is 3.25. The highest BCUT2D eigenvalue weighted by atomic mass is 79.9. The monoisotopic (exact) mass is 314 g/mol. The molecule has 18 heavy (non-hydrogen) atoms. The van der Waals surface area contributed by atoms with Gasteiger partial charge in [-0.2, -0.15) is 0 Å².